The van der Waals surface area contributed by atoms with Crippen LogP contribution in [0.3, 0.4) is 0 Å². The van der Waals surface area contributed by atoms with Crippen molar-refractivity contribution in [1.82, 2.24) is 0 Å². The van der Waals surface area contributed by atoms with Crippen LogP contribution in [0.1, 0.15) is 16.7 Å². The third-order valence-electron chi connectivity index (χ3n) is 8.01. The number of hydrogen-bond donors (Lipinski definition) is 0. The number of nitrogens with one attached hydrogen (secondary N) is 2. The number of thiophene rings is 1. The number of aromatic nitrogens is 2. The Morgan fingerprint density at radius 2 is 1.33 bits per heavy atom. The highest BCUT2D eigenvalue weighted by Crippen LogP contribution is 2.47. The van der Waals surface area contributed by atoms with E-state index in [1.807, 2.05) is 29.8 Å². The fraction of sp³-hybridized carbons (Fsp3) is 0.0270. The van der Waals surface area contributed by atoms with Gasteiger partial charge in [-0.3, -0.25) is 0 Å². The van der Waals surface area contributed by atoms with Crippen LogP contribution in [0.15, 0.2) is 116 Å². The third kappa shape index (κ3) is 4.68. The number of H-pyrrole nitrogens is 2. The molecule has 2 nitrogen and oxygen atoms in total. The van der Waals surface area contributed by atoms with Gasteiger partial charge in [-0.25, -0.2) is 9.97 Å². The number of benzene rings is 5. The highest BCUT2D eigenvalue weighted by Gasteiger charge is 2.22. The van der Waals surface area contributed by atoms with Crippen molar-refractivity contribution in [3.63, 3.8) is 0 Å². The zero-order chi connectivity index (χ0) is 26.6. The quantitative estimate of drug-likeness (QED) is 0.149. The second kappa shape index (κ2) is 11.7. The molecule has 5 aromatic carbocycles. The Kier molecular flexibility index (Phi) is 8.00. The molecule has 0 amide bonds. The first kappa shape index (κ1) is 28.7. The van der Waals surface area contributed by atoms with E-state index in [0.29, 0.717) is 0 Å². The van der Waals surface area contributed by atoms with E-state index < -0.39 is 0 Å². The lowest BCUT2D eigenvalue weighted by molar-refractivity contribution is -0.365. The molecule has 0 fully saturated rings. The average molecular weight is 785 g/mol. The van der Waals surface area contributed by atoms with Gasteiger partial charge in [0.1, 0.15) is 0 Å². The zero-order valence-corrected chi connectivity index (χ0v) is 27.9. The van der Waals surface area contributed by atoms with Gasteiger partial charge >= 0.3 is 0 Å². The minimum absolute atomic E-state index is 0. The normalized spacial score (nSPS) is 11.5. The molecule has 3 heterocycles. The number of hydrogen-bond acceptors (Lipinski definition) is 1. The molecule has 0 saturated heterocycles. The van der Waals surface area contributed by atoms with Gasteiger partial charge in [-0.1, -0.05) is 66.7 Å². The van der Waals surface area contributed by atoms with Gasteiger partial charge in [0.15, 0.2) is 12.4 Å². The maximum Gasteiger partial charge on any atom is 0.220 e. The molecule has 3 aromatic heterocycles. The van der Waals surface area contributed by atoms with Crippen molar-refractivity contribution in [2.75, 3.05) is 0 Å². The highest BCUT2D eigenvalue weighted by atomic mass is 127. The van der Waals surface area contributed by atoms with Crippen LogP contribution in [-0.4, -0.2) is 0 Å². The lowest BCUT2D eigenvalue weighted by Gasteiger charge is -2.10. The fourth-order valence-electron chi connectivity index (χ4n) is 6.15. The maximum atomic E-state index is 3.63. The number of fused-ring (bicyclic) bond motifs is 3. The molecule has 0 unspecified atom stereocenters. The Morgan fingerprint density at radius 1 is 0.571 bits per heavy atom. The summed E-state index contributed by atoms with van der Waals surface area (Å²) in [4.78, 5) is 7.09. The van der Waals surface area contributed by atoms with E-state index in [9.17, 15) is 0 Å². The Bertz CT molecular complexity index is 2240. The first-order chi connectivity index (χ1) is 19.8. The van der Waals surface area contributed by atoms with Gasteiger partial charge < -0.3 is 48.0 Å². The van der Waals surface area contributed by atoms with Gasteiger partial charge in [-0.2, -0.15) is 0 Å². The van der Waals surface area contributed by atoms with Crippen molar-refractivity contribution in [2.45, 2.75) is 6.92 Å². The van der Waals surface area contributed by atoms with E-state index in [-0.39, 0.29) is 48.0 Å². The Labute approximate surface area is 282 Å². The molecular weight excluding hydrogens is 758 g/mol. The van der Waals surface area contributed by atoms with E-state index in [1.165, 1.54) is 75.2 Å². The third-order valence-corrected chi connectivity index (χ3v) is 9.11. The number of pyridine rings is 2. The van der Waals surface area contributed by atoms with Crippen LogP contribution in [0.2, 0.25) is 0 Å². The first-order valence-electron chi connectivity index (χ1n) is 13.6. The first-order valence-corrected chi connectivity index (χ1v) is 14.4. The molecule has 5 heteroatoms. The largest absolute Gasteiger partial charge is 1.00 e. The predicted molar refractivity (Wildman–Crippen MR) is 170 cm³/mol. The van der Waals surface area contributed by atoms with E-state index >= 15 is 0 Å². The smallest absolute Gasteiger partial charge is 0.220 e. The molecule has 0 bridgehead atoms. The molecule has 0 aliphatic heterocycles. The minimum Gasteiger partial charge on any atom is -1.00 e. The molecule has 8 aromatic rings. The summed E-state index contributed by atoms with van der Waals surface area (Å²) >= 11 is 1.89. The van der Waals surface area contributed by atoms with Crippen LogP contribution < -0.4 is 57.9 Å². The molecule has 0 spiro atoms. The summed E-state index contributed by atoms with van der Waals surface area (Å²) in [7, 11) is 0. The molecule has 0 atom stereocenters. The van der Waals surface area contributed by atoms with Gasteiger partial charge in [-0.15, -0.1) is 11.3 Å². The van der Waals surface area contributed by atoms with Gasteiger partial charge in [0, 0.05) is 37.9 Å². The predicted octanol–water partition coefficient (Wildman–Crippen LogP) is 3.25. The topological polar surface area (TPSA) is 28.3 Å². The van der Waals surface area contributed by atoms with E-state index in [4.69, 9.17) is 0 Å². The van der Waals surface area contributed by atoms with E-state index in [2.05, 4.69) is 126 Å². The standard InChI is InChI=1S/C37H24N2S.2HI/c1-23-9-7-19-38-36(23)28-13-6-5-12-25(28)15-16-26-17-18-31-35-33(26)37-29(14-8-20-39-37)30-21-27(22-32(40-31)34(30)35)24-10-3-2-4-11-24;;/h2-22H,1H3;2*1H/b16-15+;;. The van der Waals surface area contributed by atoms with Crippen molar-refractivity contribution in [3.8, 4) is 22.4 Å². The van der Waals surface area contributed by atoms with Gasteiger partial charge in [0.05, 0.1) is 16.3 Å². The van der Waals surface area contributed by atoms with Gasteiger partial charge in [-0.05, 0) is 71.0 Å². The summed E-state index contributed by atoms with van der Waals surface area (Å²) in [5, 5.41) is 6.58. The number of halogens is 2. The Hall–Kier alpha value is -3.40. The second-order valence-electron chi connectivity index (χ2n) is 10.4. The van der Waals surface area contributed by atoms with Crippen LogP contribution in [-0.2, 0) is 0 Å². The monoisotopic (exact) mass is 784 g/mol. The van der Waals surface area contributed by atoms with Crippen molar-refractivity contribution in [1.29, 1.82) is 0 Å². The molecular formula is C37H26I2N2S. The van der Waals surface area contributed by atoms with Crippen molar-refractivity contribution in [3.05, 3.63) is 132 Å². The Balaban J connectivity index is 0.00000158. The van der Waals surface area contributed by atoms with Crippen LogP contribution in [0.25, 0.3) is 76.4 Å². The maximum absolute atomic E-state index is 3.63. The van der Waals surface area contributed by atoms with Crippen LogP contribution >= 0.6 is 11.3 Å². The summed E-state index contributed by atoms with van der Waals surface area (Å²) in [5.41, 5.74) is 9.70. The lowest BCUT2D eigenvalue weighted by atomic mass is 9.91. The summed E-state index contributed by atoms with van der Waals surface area (Å²) in [6.45, 7) is 2.15. The summed E-state index contributed by atoms with van der Waals surface area (Å²) in [6.07, 6.45) is 8.58. The average Bonchev–Trinajstić information content (AvgIpc) is 3.39. The molecule has 8 rings (SSSR count). The van der Waals surface area contributed by atoms with Gasteiger partial charge in [0.25, 0.3) is 0 Å². The number of rotatable bonds is 4. The fourth-order valence-corrected chi connectivity index (χ4v) is 7.33. The molecule has 2 N–H and O–H groups in total. The lowest BCUT2D eigenvalue weighted by Crippen LogP contribution is -3.00. The van der Waals surface area contributed by atoms with Crippen LogP contribution in [0, 0.1) is 6.92 Å². The second-order valence-corrected chi connectivity index (χ2v) is 11.5. The minimum atomic E-state index is 0. The van der Waals surface area contributed by atoms with Crippen molar-refractivity contribution < 1.29 is 57.9 Å². The zero-order valence-electron chi connectivity index (χ0n) is 22.8. The summed E-state index contributed by atoms with van der Waals surface area (Å²) < 4.78 is 2.66. The summed E-state index contributed by atoms with van der Waals surface area (Å²) in [5.74, 6) is 0. The van der Waals surface area contributed by atoms with Crippen LogP contribution in [0.5, 0.6) is 0 Å². The highest BCUT2D eigenvalue weighted by molar-refractivity contribution is 7.26. The van der Waals surface area contributed by atoms with Crippen LogP contribution in [0.4, 0.5) is 0 Å². The number of aromatic amines is 2. The molecule has 0 radical (unpaired) electrons. The molecule has 0 aliphatic carbocycles. The van der Waals surface area contributed by atoms with Gasteiger partial charge in [0.2, 0.25) is 11.2 Å². The summed E-state index contributed by atoms with van der Waals surface area (Å²) in [6, 6.07) is 37.2. The number of aryl methyl sites for hydroxylation is 1. The molecule has 42 heavy (non-hydrogen) atoms. The van der Waals surface area contributed by atoms with E-state index in [0.717, 1.165) is 5.69 Å². The SMILES string of the molecule is Cc1ccc[nH+]c1-c1ccccc1/C=C/c1ccc2sc3cc(-c4ccccc4)cc4c5ccc[nH+]c5c1c2c34.[I-].[I-]. The molecule has 0 aliphatic rings. The van der Waals surface area contributed by atoms with Crippen molar-refractivity contribution >= 4 is 65.3 Å². The van der Waals surface area contributed by atoms with E-state index in [1.54, 1.807) is 0 Å². The Morgan fingerprint density at radius 3 is 2.19 bits per heavy atom. The van der Waals surface area contributed by atoms with Crippen molar-refractivity contribution in [2.24, 2.45) is 0 Å². The molecule has 204 valence electrons. The molecule has 0 saturated carbocycles.